The molecule has 0 spiro atoms. The number of carbonyl (C=O) groups excluding carboxylic acids is 1. The Labute approximate surface area is 233 Å². The van der Waals surface area contributed by atoms with Crippen LogP contribution < -0.4 is 19.7 Å². The van der Waals surface area contributed by atoms with E-state index in [2.05, 4.69) is 20.3 Å². The van der Waals surface area contributed by atoms with Gasteiger partial charge < -0.3 is 24.8 Å². The Morgan fingerprint density at radius 1 is 1.07 bits per heavy atom. The van der Waals surface area contributed by atoms with Crippen molar-refractivity contribution in [3.05, 3.63) is 78.8 Å². The van der Waals surface area contributed by atoms with Gasteiger partial charge in [-0.05, 0) is 55.2 Å². The van der Waals surface area contributed by atoms with Crippen LogP contribution in [0.1, 0.15) is 29.6 Å². The third kappa shape index (κ3) is 6.76. The number of anilines is 1. The van der Waals surface area contributed by atoms with Crippen LogP contribution in [-0.2, 0) is 0 Å². The predicted octanol–water partition coefficient (Wildman–Crippen LogP) is 3.75. The summed E-state index contributed by atoms with van der Waals surface area (Å²) in [5.41, 5.74) is 2.38. The summed E-state index contributed by atoms with van der Waals surface area (Å²) >= 11 is 0. The van der Waals surface area contributed by atoms with Gasteiger partial charge in [-0.15, -0.1) is 0 Å². The Morgan fingerprint density at radius 3 is 2.70 bits per heavy atom. The molecular formula is C30H34N6O4. The van der Waals surface area contributed by atoms with Crippen molar-refractivity contribution in [1.29, 1.82) is 0 Å². The van der Waals surface area contributed by atoms with Crippen molar-refractivity contribution in [2.24, 2.45) is 5.92 Å². The van der Waals surface area contributed by atoms with Gasteiger partial charge in [0.15, 0.2) is 5.82 Å². The van der Waals surface area contributed by atoms with Crippen LogP contribution >= 0.6 is 0 Å². The number of aliphatic hydroxyl groups excluding tert-OH is 1. The lowest BCUT2D eigenvalue weighted by atomic mass is 9.96. The van der Waals surface area contributed by atoms with Gasteiger partial charge in [0.1, 0.15) is 17.3 Å². The highest BCUT2D eigenvalue weighted by Crippen LogP contribution is 2.26. The molecule has 208 valence electrons. The highest BCUT2D eigenvalue weighted by Gasteiger charge is 2.22. The van der Waals surface area contributed by atoms with E-state index in [0.717, 1.165) is 43.0 Å². The number of amides is 1. The molecule has 0 bridgehead atoms. The number of nitrogens with one attached hydrogen (secondary N) is 1. The molecule has 1 fully saturated rings. The monoisotopic (exact) mass is 542 g/mol. The summed E-state index contributed by atoms with van der Waals surface area (Å²) in [7, 11) is 1.56. The van der Waals surface area contributed by atoms with Gasteiger partial charge in [0.2, 0.25) is 0 Å². The molecule has 4 aromatic rings. The predicted molar refractivity (Wildman–Crippen MR) is 152 cm³/mol. The number of methoxy groups -OCH3 is 1. The van der Waals surface area contributed by atoms with Crippen molar-refractivity contribution in [3.63, 3.8) is 0 Å². The van der Waals surface area contributed by atoms with E-state index in [1.54, 1.807) is 37.7 Å². The molecule has 10 nitrogen and oxygen atoms in total. The number of hydrogen-bond acceptors (Lipinski definition) is 8. The Morgan fingerprint density at radius 2 is 1.93 bits per heavy atom. The molecule has 2 N–H and O–H groups in total. The molecular weight excluding hydrogens is 508 g/mol. The van der Waals surface area contributed by atoms with Gasteiger partial charge >= 0.3 is 0 Å². The fraction of sp³-hybridized carbons (Fsp3) is 0.333. The maximum atomic E-state index is 12.9. The molecule has 3 heterocycles. The van der Waals surface area contributed by atoms with Gasteiger partial charge in [0.05, 0.1) is 19.4 Å². The Balaban J connectivity index is 1.16. The molecule has 1 aliphatic rings. The molecule has 1 amide bonds. The lowest BCUT2D eigenvalue weighted by Gasteiger charge is -2.33. The van der Waals surface area contributed by atoms with E-state index < -0.39 is 0 Å². The van der Waals surface area contributed by atoms with Crippen molar-refractivity contribution in [2.45, 2.75) is 19.3 Å². The lowest BCUT2D eigenvalue weighted by Crippen LogP contribution is -2.39. The second-order valence-corrected chi connectivity index (χ2v) is 9.70. The van der Waals surface area contributed by atoms with Gasteiger partial charge in [-0.1, -0.05) is 12.1 Å². The minimum atomic E-state index is -0.161. The summed E-state index contributed by atoms with van der Waals surface area (Å²) in [6.45, 7) is 2.72. The Hall–Kier alpha value is -4.44. The van der Waals surface area contributed by atoms with Crippen LogP contribution in [0.2, 0.25) is 0 Å². The number of ether oxygens (including phenoxy) is 2. The summed E-state index contributed by atoms with van der Waals surface area (Å²) in [4.78, 5) is 24.5. The number of aliphatic hydroxyl groups is 1. The van der Waals surface area contributed by atoms with E-state index >= 15 is 0 Å². The first-order valence-electron chi connectivity index (χ1n) is 13.5. The molecule has 2 aromatic heterocycles. The van der Waals surface area contributed by atoms with Crippen LogP contribution in [0, 0.1) is 5.92 Å². The summed E-state index contributed by atoms with van der Waals surface area (Å²) in [6.07, 6.45) is 7.88. The van der Waals surface area contributed by atoms with E-state index in [4.69, 9.17) is 19.6 Å². The molecule has 0 saturated carbocycles. The van der Waals surface area contributed by atoms with Crippen LogP contribution in [0.25, 0.3) is 17.1 Å². The molecule has 1 saturated heterocycles. The Kier molecular flexibility index (Phi) is 8.87. The number of hydrogen-bond donors (Lipinski definition) is 2. The summed E-state index contributed by atoms with van der Waals surface area (Å²) in [5, 5.41) is 16.4. The molecule has 0 aliphatic carbocycles. The van der Waals surface area contributed by atoms with E-state index in [0.29, 0.717) is 48.4 Å². The molecule has 5 rings (SSSR count). The largest absolute Gasteiger partial charge is 0.497 e. The van der Waals surface area contributed by atoms with Crippen LogP contribution in [-0.4, -0.2) is 70.7 Å². The molecule has 0 unspecified atom stereocenters. The lowest BCUT2D eigenvalue weighted by molar-refractivity contribution is 0.0944. The zero-order valence-corrected chi connectivity index (χ0v) is 22.6. The van der Waals surface area contributed by atoms with E-state index in [1.165, 1.54) is 0 Å². The fourth-order valence-corrected chi connectivity index (χ4v) is 4.74. The van der Waals surface area contributed by atoms with Crippen LogP contribution in [0.3, 0.4) is 0 Å². The number of nitrogens with zero attached hydrogens (tertiary/aromatic N) is 5. The minimum Gasteiger partial charge on any atom is -0.497 e. The normalized spacial score (nSPS) is 13.7. The van der Waals surface area contributed by atoms with Gasteiger partial charge in [-0.2, -0.15) is 5.10 Å². The number of benzene rings is 2. The molecule has 1 aliphatic heterocycles. The summed E-state index contributed by atoms with van der Waals surface area (Å²) in [5.74, 6) is 2.89. The van der Waals surface area contributed by atoms with Crippen LogP contribution in [0.4, 0.5) is 5.82 Å². The molecule has 0 radical (unpaired) electrons. The molecule has 2 aromatic carbocycles. The van der Waals surface area contributed by atoms with Gasteiger partial charge in [0, 0.05) is 68.4 Å². The average Bonchev–Trinajstić information content (AvgIpc) is 3.56. The van der Waals surface area contributed by atoms with Crippen molar-refractivity contribution in [3.8, 4) is 28.6 Å². The fourth-order valence-electron chi connectivity index (χ4n) is 4.74. The first-order valence-corrected chi connectivity index (χ1v) is 13.5. The zero-order valence-electron chi connectivity index (χ0n) is 22.6. The highest BCUT2D eigenvalue weighted by molar-refractivity contribution is 5.95. The van der Waals surface area contributed by atoms with E-state index in [9.17, 15) is 4.79 Å². The number of carbonyl (C=O) groups is 1. The number of rotatable bonds is 11. The highest BCUT2D eigenvalue weighted by atomic mass is 16.5. The van der Waals surface area contributed by atoms with Crippen molar-refractivity contribution in [2.75, 3.05) is 44.9 Å². The third-order valence-corrected chi connectivity index (χ3v) is 6.95. The van der Waals surface area contributed by atoms with E-state index in [1.807, 2.05) is 47.3 Å². The maximum absolute atomic E-state index is 12.9. The second-order valence-electron chi connectivity index (χ2n) is 9.70. The topological polar surface area (TPSA) is 115 Å². The smallest absolute Gasteiger partial charge is 0.251 e. The summed E-state index contributed by atoms with van der Waals surface area (Å²) < 4.78 is 12.8. The second kappa shape index (κ2) is 13.1. The first kappa shape index (κ1) is 27.1. The van der Waals surface area contributed by atoms with Crippen molar-refractivity contribution < 1.29 is 19.4 Å². The summed E-state index contributed by atoms with van der Waals surface area (Å²) in [6, 6.07) is 17.0. The Bertz CT molecular complexity index is 1400. The van der Waals surface area contributed by atoms with Crippen LogP contribution in [0.15, 0.2) is 73.2 Å². The van der Waals surface area contributed by atoms with Gasteiger partial charge in [-0.3, -0.25) is 4.79 Å². The van der Waals surface area contributed by atoms with Crippen LogP contribution in [0.5, 0.6) is 11.5 Å². The zero-order chi connectivity index (χ0) is 27.7. The van der Waals surface area contributed by atoms with Gasteiger partial charge in [-0.25, -0.2) is 14.6 Å². The number of aromatic nitrogens is 4. The van der Waals surface area contributed by atoms with Crippen molar-refractivity contribution >= 4 is 11.7 Å². The first-order chi connectivity index (χ1) is 19.6. The molecule has 0 atom stereocenters. The third-order valence-electron chi connectivity index (χ3n) is 6.95. The molecule has 40 heavy (non-hydrogen) atoms. The SMILES string of the molecule is COc1cc(OCCCO)cc(C(=O)NCC2CCN(c3ccnc(-c4cccc(-n5cccn5)c4)n3)CC2)c1. The van der Waals surface area contributed by atoms with Gasteiger partial charge in [0.25, 0.3) is 5.91 Å². The quantitative estimate of drug-likeness (QED) is 0.276. The molecule has 10 heteroatoms. The maximum Gasteiger partial charge on any atom is 0.251 e. The van der Waals surface area contributed by atoms with Crippen molar-refractivity contribution in [1.82, 2.24) is 25.1 Å². The average molecular weight is 543 g/mol. The minimum absolute atomic E-state index is 0.0508. The van der Waals surface area contributed by atoms with E-state index in [-0.39, 0.29) is 12.5 Å². The number of piperidine rings is 1. The standard InChI is InChI=1S/C30H34N6O4/c1-39-26-18-24(19-27(20-26)40-16-4-15-37)30(38)32-21-22-8-13-35(14-9-22)28-7-11-31-29(34-28)23-5-2-6-25(17-23)36-12-3-10-33-36/h2-3,5-7,10-12,17-20,22,37H,4,8-9,13-16,21H2,1H3,(H,32,38).